The van der Waals surface area contributed by atoms with Crippen LogP contribution in [0.5, 0.6) is 11.5 Å². The lowest BCUT2D eigenvalue weighted by atomic mass is 10.1. The second-order valence-corrected chi connectivity index (χ2v) is 4.28. The standard InChI is InChI=1S/C11H11N5O2S/c1-6(13-14-10-12-11(19)16-15-10)7-2-3-8-9(4-7)18-5-17-8/h2-4H,5H2,1H3,(H3,12,14,15,16,19). The number of rotatable bonds is 3. The van der Waals surface area contributed by atoms with Gasteiger partial charge >= 0.3 is 0 Å². The maximum Gasteiger partial charge on any atom is 0.238 e. The quantitative estimate of drug-likeness (QED) is 0.454. The zero-order valence-corrected chi connectivity index (χ0v) is 10.9. The summed E-state index contributed by atoms with van der Waals surface area (Å²) in [7, 11) is 0. The van der Waals surface area contributed by atoms with Crippen molar-refractivity contribution >= 4 is 23.9 Å². The van der Waals surface area contributed by atoms with Crippen LogP contribution in [0.1, 0.15) is 12.5 Å². The Labute approximate surface area is 113 Å². The van der Waals surface area contributed by atoms with Gasteiger partial charge in [0, 0.05) is 5.56 Å². The minimum atomic E-state index is 0.261. The van der Waals surface area contributed by atoms with Crippen molar-refractivity contribution in [2.45, 2.75) is 6.92 Å². The molecule has 1 aromatic carbocycles. The van der Waals surface area contributed by atoms with Crippen LogP contribution in [-0.2, 0) is 0 Å². The van der Waals surface area contributed by atoms with Gasteiger partial charge in [0.15, 0.2) is 11.5 Å². The average molecular weight is 277 g/mol. The number of H-pyrrole nitrogens is 2. The molecule has 0 radical (unpaired) electrons. The fraction of sp³-hybridized carbons (Fsp3) is 0.182. The van der Waals surface area contributed by atoms with Crippen LogP contribution in [0.25, 0.3) is 0 Å². The van der Waals surface area contributed by atoms with Crippen molar-refractivity contribution in [2.24, 2.45) is 5.10 Å². The van der Waals surface area contributed by atoms with Gasteiger partial charge in [0.1, 0.15) is 0 Å². The zero-order chi connectivity index (χ0) is 13.2. The van der Waals surface area contributed by atoms with Crippen molar-refractivity contribution in [3.05, 3.63) is 28.5 Å². The molecule has 8 heteroatoms. The van der Waals surface area contributed by atoms with Gasteiger partial charge in [0.05, 0.1) is 5.71 Å². The molecule has 0 fully saturated rings. The van der Waals surface area contributed by atoms with Gasteiger partial charge in [-0.05, 0) is 37.3 Å². The highest BCUT2D eigenvalue weighted by atomic mass is 32.1. The third kappa shape index (κ3) is 2.43. The minimum Gasteiger partial charge on any atom is -0.454 e. The molecule has 98 valence electrons. The molecule has 3 N–H and O–H groups in total. The molecule has 1 aliphatic rings. The van der Waals surface area contributed by atoms with Gasteiger partial charge < -0.3 is 9.47 Å². The lowest BCUT2D eigenvalue weighted by molar-refractivity contribution is 0.174. The second-order valence-electron chi connectivity index (χ2n) is 3.89. The molecule has 1 aromatic heterocycles. The number of benzene rings is 1. The normalized spacial score (nSPS) is 13.6. The summed E-state index contributed by atoms with van der Waals surface area (Å²) in [4.78, 5) is 3.97. The van der Waals surface area contributed by atoms with Gasteiger partial charge in [-0.25, -0.2) is 5.43 Å². The Balaban J connectivity index is 1.79. The van der Waals surface area contributed by atoms with Crippen LogP contribution in [0.3, 0.4) is 0 Å². The molecule has 2 heterocycles. The van der Waals surface area contributed by atoms with Crippen LogP contribution in [0.2, 0.25) is 0 Å². The van der Waals surface area contributed by atoms with Gasteiger partial charge in [-0.15, -0.1) is 0 Å². The summed E-state index contributed by atoms with van der Waals surface area (Å²) in [5, 5.41) is 9.64. The number of nitrogens with one attached hydrogen (secondary N) is 3. The first-order valence-electron chi connectivity index (χ1n) is 5.57. The number of aromatic amines is 2. The molecule has 0 spiro atoms. The third-order valence-electron chi connectivity index (χ3n) is 2.62. The minimum absolute atomic E-state index is 0.261. The highest BCUT2D eigenvalue weighted by Crippen LogP contribution is 2.32. The first kappa shape index (κ1) is 11.7. The Kier molecular flexibility index (Phi) is 2.92. The molecule has 1 aliphatic heterocycles. The van der Waals surface area contributed by atoms with E-state index < -0.39 is 0 Å². The molecule has 0 saturated heterocycles. The number of anilines is 1. The number of nitrogens with zero attached hydrogens (tertiary/aromatic N) is 2. The van der Waals surface area contributed by atoms with Crippen molar-refractivity contribution in [3.8, 4) is 11.5 Å². The molecule has 19 heavy (non-hydrogen) atoms. The number of hydrogen-bond acceptors (Lipinski definition) is 6. The van der Waals surface area contributed by atoms with Crippen molar-refractivity contribution in [3.63, 3.8) is 0 Å². The Morgan fingerprint density at radius 2 is 2.21 bits per heavy atom. The number of hydrogen-bond donors (Lipinski definition) is 3. The maximum atomic E-state index is 5.32. The molecule has 0 bridgehead atoms. The summed E-state index contributed by atoms with van der Waals surface area (Å²) < 4.78 is 11.0. The van der Waals surface area contributed by atoms with Gasteiger partial charge in [-0.1, -0.05) is 0 Å². The van der Waals surface area contributed by atoms with Crippen LogP contribution in [0.15, 0.2) is 23.3 Å². The largest absolute Gasteiger partial charge is 0.454 e. The summed E-state index contributed by atoms with van der Waals surface area (Å²) in [6.45, 7) is 2.14. The molecule has 3 rings (SSSR count). The average Bonchev–Trinajstić information content (AvgIpc) is 3.03. The number of hydrazone groups is 1. The van der Waals surface area contributed by atoms with Crippen LogP contribution < -0.4 is 14.9 Å². The van der Waals surface area contributed by atoms with E-state index in [2.05, 4.69) is 25.7 Å². The van der Waals surface area contributed by atoms with E-state index in [4.69, 9.17) is 21.7 Å². The summed E-state index contributed by atoms with van der Waals surface area (Å²) >= 11 is 4.84. The maximum absolute atomic E-state index is 5.32. The highest BCUT2D eigenvalue weighted by Gasteiger charge is 2.13. The topological polar surface area (TPSA) is 87.3 Å². The Morgan fingerprint density at radius 1 is 1.37 bits per heavy atom. The number of aromatic nitrogens is 3. The third-order valence-corrected chi connectivity index (χ3v) is 2.81. The molecule has 0 aliphatic carbocycles. The Bertz CT molecular complexity index is 690. The van der Waals surface area contributed by atoms with Crippen LogP contribution in [-0.4, -0.2) is 27.7 Å². The monoisotopic (exact) mass is 277 g/mol. The molecular formula is C11H11N5O2S. The van der Waals surface area contributed by atoms with E-state index in [-0.39, 0.29) is 6.79 Å². The molecule has 0 saturated carbocycles. The SMILES string of the molecule is CC(=NNc1nc(=S)[nH][nH]1)c1ccc2c(c1)OCO2. The van der Waals surface area contributed by atoms with Crippen LogP contribution in [0.4, 0.5) is 5.95 Å². The lowest BCUT2D eigenvalue weighted by Gasteiger charge is -2.02. The lowest BCUT2D eigenvalue weighted by Crippen LogP contribution is -2.00. The fourth-order valence-electron chi connectivity index (χ4n) is 1.65. The van der Waals surface area contributed by atoms with Crippen molar-refractivity contribution in [1.29, 1.82) is 0 Å². The molecule has 0 amide bonds. The van der Waals surface area contributed by atoms with E-state index in [1.165, 1.54) is 0 Å². The predicted molar refractivity (Wildman–Crippen MR) is 72.2 cm³/mol. The van der Waals surface area contributed by atoms with E-state index in [0.29, 0.717) is 10.7 Å². The van der Waals surface area contributed by atoms with Crippen LogP contribution in [0, 0.1) is 4.77 Å². The summed E-state index contributed by atoms with van der Waals surface area (Å²) in [6.07, 6.45) is 0. The van der Waals surface area contributed by atoms with E-state index in [1.54, 1.807) is 0 Å². The van der Waals surface area contributed by atoms with Gasteiger partial charge in [0.2, 0.25) is 17.5 Å². The van der Waals surface area contributed by atoms with Crippen LogP contribution >= 0.6 is 12.2 Å². The zero-order valence-electron chi connectivity index (χ0n) is 10.1. The summed E-state index contributed by atoms with van der Waals surface area (Å²) in [6, 6.07) is 5.66. The molecule has 2 aromatic rings. The second kappa shape index (κ2) is 4.73. The first-order valence-corrected chi connectivity index (χ1v) is 5.98. The Morgan fingerprint density at radius 3 is 3.00 bits per heavy atom. The summed E-state index contributed by atoms with van der Waals surface area (Å²) in [5.41, 5.74) is 4.51. The van der Waals surface area contributed by atoms with Crippen molar-refractivity contribution < 1.29 is 9.47 Å². The van der Waals surface area contributed by atoms with Gasteiger partial charge in [-0.2, -0.15) is 10.1 Å². The molecule has 0 unspecified atom stereocenters. The first-order chi connectivity index (χ1) is 9.22. The molecule has 7 nitrogen and oxygen atoms in total. The van der Waals surface area contributed by atoms with E-state index in [0.717, 1.165) is 22.8 Å². The van der Waals surface area contributed by atoms with Gasteiger partial charge in [-0.3, -0.25) is 10.2 Å². The van der Waals surface area contributed by atoms with E-state index in [1.807, 2.05) is 25.1 Å². The molecular weight excluding hydrogens is 266 g/mol. The van der Waals surface area contributed by atoms with Crippen molar-refractivity contribution in [2.75, 3.05) is 12.2 Å². The fourth-order valence-corrected chi connectivity index (χ4v) is 1.79. The smallest absolute Gasteiger partial charge is 0.238 e. The van der Waals surface area contributed by atoms with Gasteiger partial charge in [0.25, 0.3) is 0 Å². The van der Waals surface area contributed by atoms with E-state index >= 15 is 0 Å². The number of fused-ring (bicyclic) bond motifs is 1. The Hall–Kier alpha value is -2.35. The summed E-state index contributed by atoms with van der Waals surface area (Å²) in [5.74, 6) is 1.94. The van der Waals surface area contributed by atoms with Crippen molar-refractivity contribution in [1.82, 2.24) is 15.2 Å². The highest BCUT2D eigenvalue weighted by molar-refractivity contribution is 7.71. The molecule has 0 atom stereocenters. The van der Waals surface area contributed by atoms with E-state index in [9.17, 15) is 0 Å². The predicted octanol–water partition coefficient (Wildman–Crippen LogP) is 2.03. The number of ether oxygens (including phenoxy) is 2.